The molecule has 3 aliphatic rings. The Labute approximate surface area is 188 Å². The predicted molar refractivity (Wildman–Crippen MR) is 121 cm³/mol. The smallest absolute Gasteiger partial charge is 0.293 e. The van der Waals surface area contributed by atoms with Crippen LogP contribution in [-0.4, -0.2) is 56.9 Å². The number of para-hydroxylation sites is 1. The van der Waals surface area contributed by atoms with Crippen molar-refractivity contribution in [2.24, 2.45) is 5.41 Å². The highest BCUT2D eigenvalue weighted by Gasteiger charge is 2.57. The first-order valence-electron chi connectivity index (χ1n) is 10.8. The number of benzene rings is 2. The molecule has 2 aromatic rings. The lowest BCUT2D eigenvalue weighted by Gasteiger charge is -2.41. The molecular weight excluding hydrogens is 414 g/mol. The summed E-state index contributed by atoms with van der Waals surface area (Å²) in [6.45, 7) is 9.16. The Bertz CT molecular complexity index is 978. The zero-order valence-electron chi connectivity index (χ0n) is 18.0. The molecule has 164 valence electrons. The van der Waals surface area contributed by atoms with Gasteiger partial charge >= 0.3 is 0 Å². The summed E-state index contributed by atoms with van der Waals surface area (Å²) < 4.78 is 12.3. The number of ether oxygens (including phenoxy) is 2. The van der Waals surface area contributed by atoms with Gasteiger partial charge in [-0.05, 0) is 24.3 Å². The van der Waals surface area contributed by atoms with Crippen molar-refractivity contribution in [2.75, 3.05) is 55.9 Å². The summed E-state index contributed by atoms with van der Waals surface area (Å²) in [5.41, 5.74) is 2.72. The van der Waals surface area contributed by atoms with Gasteiger partial charge in [0.25, 0.3) is 11.7 Å². The molecule has 0 aromatic heterocycles. The van der Waals surface area contributed by atoms with Crippen LogP contribution in [0.3, 0.4) is 0 Å². The maximum Gasteiger partial charge on any atom is 0.293 e. The van der Waals surface area contributed by atoms with Crippen molar-refractivity contribution in [3.63, 3.8) is 0 Å². The van der Waals surface area contributed by atoms with Crippen LogP contribution in [0.25, 0.3) is 0 Å². The molecule has 2 aromatic carbocycles. The number of hydrogen-bond acceptors (Lipinski definition) is 5. The van der Waals surface area contributed by atoms with E-state index >= 15 is 0 Å². The van der Waals surface area contributed by atoms with E-state index in [0.717, 1.165) is 48.1 Å². The first-order valence-corrected chi connectivity index (χ1v) is 11.2. The Kier molecular flexibility index (Phi) is 5.21. The van der Waals surface area contributed by atoms with Gasteiger partial charge in [0.15, 0.2) is 0 Å². The highest BCUT2D eigenvalue weighted by molar-refractivity contribution is 6.30. The van der Waals surface area contributed by atoms with E-state index in [9.17, 15) is 4.79 Å². The summed E-state index contributed by atoms with van der Waals surface area (Å²) in [5, 5.41) is 0.750. The quantitative estimate of drug-likeness (QED) is 0.726. The molecule has 3 aliphatic heterocycles. The highest BCUT2D eigenvalue weighted by atomic mass is 35.5. The number of halogens is 1. The molecule has 0 saturated carbocycles. The third-order valence-electron chi connectivity index (χ3n) is 6.30. The zero-order chi connectivity index (χ0) is 21.6. The lowest BCUT2D eigenvalue weighted by Crippen LogP contribution is -2.55. The Balaban J connectivity index is 1.31. The molecule has 0 bridgehead atoms. The Morgan fingerprint density at radius 1 is 0.968 bits per heavy atom. The van der Waals surface area contributed by atoms with Crippen LogP contribution in [-0.2, 0) is 20.1 Å². The minimum absolute atomic E-state index is 0.107. The molecule has 7 heteroatoms. The van der Waals surface area contributed by atoms with E-state index in [-0.39, 0.29) is 11.3 Å². The largest absolute Gasteiger partial charge is 0.369 e. The van der Waals surface area contributed by atoms with Crippen LogP contribution in [0.1, 0.15) is 19.4 Å². The van der Waals surface area contributed by atoms with Gasteiger partial charge in [0, 0.05) is 47.9 Å². The number of hydrogen-bond donors (Lipinski definition) is 0. The molecule has 6 nitrogen and oxygen atoms in total. The molecule has 2 fully saturated rings. The zero-order valence-corrected chi connectivity index (χ0v) is 18.8. The molecule has 5 rings (SSSR count). The lowest BCUT2D eigenvalue weighted by molar-refractivity contribution is -0.286. The van der Waals surface area contributed by atoms with Crippen molar-refractivity contribution in [2.45, 2.75) is 19.6 Å². The van der Waals surface area contributed by atoms with Crippen molar-refractivity contribution in [3.05, 3.63) is 59.1 Å². The number of rotatable bonds is 3. The third-order valence-corrected chi connectivity index (χ3v) is 6.53. The fourth-order valence-electron chi connectivity index (χ4n) is 4.51. The average Bonchev–Trinajstić information content (AvgIpc) is 2.99. The third kappa shape index (κ3) is 3.72. The normalized spacial score (nSPS) is 22.7. The average molecular weight is 442 g/mol. The second kappa shape index (κ2) is 7.78. The molecular formula is C24H28ClN3O3. The summed E-state index contributed by atoms with van der Waals surface area (Å²) in [7, 11) is 0. The molecule has 0 unspecified atom stereocenters. The fourth-order valence-corrected chi connectivity index (χ4v) is 4.69. The monoisotopic (exact) mass is 441 g/mol. The summed E-state index contributed by atoms with van der Waals surface area (Å²) in [4.78, 5) is 20.0. The molecule has 0 atom stereocenters. The topological polar surface area (TPSA) is 45.3 Å². The van der Waals surface area contributed by atoms with Crippen molar-refractivity contribution in [1.82, 2.24) is 4.90 Å². The molecule has 0 aliphatic carbocycles. The maximum atomic E-state index is 13.6. The predicted octanol–water partition coefficient (Wildman–Crippen LogP) is 3.69. The number of anilines is 2. The molecule has 0 radical (unpaired) electrons. The highest BCUT2D eigenvalue weighted by Crippen LogP contribution is 2.47. The van der Waals surface area contributed by atoms with Gasteiger partial charge in [-0.1, -0.05) is 49.7 Å². The number of fused-ring (bicyclic) bond motifs is 2. The molecule has 1 amide bonds. The summed E-state index contributed by atoms with van der Waals surface area (Å²) in [5.74, 6) is -1.43. The SMILES string of the molecule is CC1(C)COC2(OC1)C(=O)N(CN1CCN(c3cccc(Cl)c3)CC1)c1ccccc12. The molecule has 31 heavy (non-hydrogen) atoms. The first kappa shape index (κ1) is 20.8. The lowest BCUT2D eigenvalue weighted by atomic mass is 9.93. The van der Waals surface area contributed by atoms with Gasteiger partial charge in [0.1, 0.15) is 0 Å². The molecule has 2 saturated heterocycles. The fraction of sp³-hybridized carbons (Fsp3) is 0.458. The summed E-state index contributed by atoms with van der Waals surface area (Å²) in [6.07, 6.45) is 0. The van der Waals surface area contributed by atoms with E-state index in [0.29, 0.717) is 19.9 Å². The van der Waals surface area contributed by atoms with E-state index in [1.165, 1.54) is 0 Å². The van der Waals surface area contributed by atoms with E-state index in [4.69, 9.17) is 21.1 Å². The first-order chi connectivity index (χ1) is 14.9. The number of carbonyl (C=O) groups is 1. The van der Waals surface area contributed by atoms with Gasteiger partial charge in [-0.2, -0.15) is 0 Å². The maximum absolute atomic E-state index is 13.6. The van der Waals surface area contributed by atoms with Crippen LogP contribution in [0, 0.1) is 5.41 Å². The Morgan fingerprint density at radius 2 is 1.68 bits per heavy atom. The van der Waals surface area contributed by atoms with Gasteiger partial charge in [-0.15, -0.1) is 0 Å². The Morgan fingerprint density at radius 3 is 2.39 bits per heavy atom. The second-order valence-electron chi connectivity index (χ2n) is 9.33. The molecule has 1 spiro atoms. The van der Waals surface area contributed by atoms with Gasteiger partial charge in [-0.3, -0.25) is 14.6 Å². The van der Waals surface area contributed by atoms with Crippen molar-refractivity contribution in [1.29, 1.82) is 0 Å². The van der Waals surface area contributed by atoms with Crippen LogP contribution >= 0.6 is 11.6 Å². The minimum Gasteiger partial charge on any atom is -0.369 e. The standard InChI is InChI=1S/C24H28ClN3O3/c1-23(2)15-30-24(31-16-23)20-8-3-4-9-21(20)28(22(24)29)17-26-10-12-27(13-11-26)19-7-5-6-18(25)14-19/h3-9,14H,10-13,15-17H2,1-2H3. The minimum atomic E-state index is -1.31. The van der Waals surface area contributed by atoms with Crippen LogP contribution in [0.5, 0.6) is 0 Å². The van der Waals surface area contributed by atoms with Gasteiger partial charge in [0.2, 0.25) is 0 Å². The van der Waals surface area contributed by atoms with Crippen LogP contribution in [0.2, 0.25) is 5.02 Å². The van der Waals surface area contributed by atoms with E-state index < -0.39 is 5.79 Å². The summed E-state index contributed by atoms with van der Waals surface area (Å²) in [6, 6.07) is 15.8. The van der Waals surface area contributed by atoms with Crippen molar-refractivity contribution in [3.8, 4) is 0 Å². The number of piperazine rings is 1. The number of nitrogens with zero attached hydrogens (tertiary/aromatic N) is 3. The number of carbonyl (C=O) groups excluding carboxylic acids is 1. The Hall–Kier alpha value is -2.12. The second-order valence-corrected chi connectivity index (χ2v) is 9.77. The van der Waals surface area contributed by atoms with Crippen molar-refractivity contribution < 1.29 is 14.3 Å². The number of amides is 1. The van der Waals surface area contributed by atoms with Crippen LogP contribution < -0.4 is 9.80 Å². The van der Waals surface area contributed by atoms with Crippen molar-refractivity contribution >= 4 is 28.9 Å². The van der Waals surface area contributed by atoms with Gasteiger partial charge in [0.05, 0.1) is 25.6 Å². The van der Waals surface area contributed by atoms with Crippen LogP contribution in [0.4, 0.5) is 11.4 Å². The molecule has 0 N–H and O–H groups in total. The van der Waals surface area contributed by atoms with E-state index in [1.807, 2.05) is 47.4 Å². The van der Waals surface area contributed by atoms with Crippen LogP contribution in [0.15, 0.2) is 48.5 Å². The van der Waals surface area contributed by atoms with Gasteiger partial charge in [-0.25, -0.2) is 0 Å². The van der Waals surface area contributed by atoms with E-state index in [2.05, 4.69) is 29.7 Å². The summed E-state index contributed by atoms with van der Waals surface area (Å²) >= 11 is 6.15. The van der Waals surface area contributed by atoms with E-state index in [1.54, 1.807) is 0 Å². The van der Waals surface area contributed by atoms with Gasteiger partial charge < -0.3 is 14.4 Å². The molecule has 3 heterocycles.